The van der Waals surface area contributed by atoms with E-state index in [-0.39, 0.29) is 0 Å². The highest BCUT2D eigenvalue weighted by Gasteiger charge is 1.58. The van der Waals surface area contributed by atoms with Gasteiger partial charge in [0.2, 0.25) is 0 Å². The first-order valence-electron chi connectivity index (χ1n) is 2.34. The van der Waals surface area contributed by atoms with Crippen LogP contribution in [0, 0.1) is 0 Å². The van der Waals surface area contributed by atoms with Gasteiger partial charge < -0.3 is 10.0 Å². The molecule has 1 N–H and O–H groups in total. The van der Waals surface area contributed by atoms with E-state index in [1.165, 1.54) is 0 Å². The van der Waals surface area contributed by atoms with Crippen LogP contribution < -0.4 is 5.14 Å². The molecular formula is C3H14B2N2. The molecular weight excluding hydrogens is 85.7 g/mol. The molecule has 2 nitrogen and oxygen atoms in total. The summed E-state index contributed by atoms with van der Waals surface area (Å²) in [5, 5.41) is 2.75. The van der Waals surface area contributed by atoms with Gasteiger partial charge in [-0.15, -0.1) is 0 Å². The minimum Gasteiger partial charge on any atom is -0.410 e. The Kier molecular flexibility index (Phi) is 13.6. The van der Waals surface area contributed by atoms with Gasteiger partial charge in [-0.2, -0.15) is 0 Å². The molecule has 0 atom stereocenters. The first-order chi connectivity index (χ1) is 3.15. The molecule has 0 unspecified atom stereocenters. The summed E-state index contributed by atoms with van der Waals surface area (Å²) in [6, 6.07) is 0. The molecule has 0 aliphatic carbocycles. The molecule has 42 valence electrons. The van der Waals surface area contributed by atoms with Crippen LogP contribution in [0.5, 0.6) is 0 Å². The molecule has 0 fully saturated rings. The monoisotopic (exact) mass is 100 g/mol. The van der Waals surface area contributed by atoms with Crippen LogP contribution in [0.15, 0.2) is 0 Å². The first-order valence-corrected chi connectivity index (χ1v) is 2.34. The summed E-state index contributed by atoms with van der Waals surface area (Å²) in [6.45, 7) is 0. The summed E-state index contributed by atoms with van der Waals surface area (Å²) in [5.74, 6) is 0. The summed E-state index contributed by atoms with van der Waals surface area (Å²) in [5.41, 5.74) is 0. The summed E-state index contributed by atoms with van der Waals surface area (Å²) < 4.78 is 0. The van der Waals surface area contributed by atoms with E-state index in [4.69, 9.17) is 0 Å². The van der Waals surface area contributed by atoms with Gasteiger partial charge >= 0.3 is 0 Å². The molecule has 0 radical (unpaired) electrons. The first kappa shape index (κ1) is 10.1. The van der Waals surface area contributed by atoms with Gasteiger partial charge in [-0.05, 0) is 21.1 Å². The second-order valence-corrected chi connectivity index (χ2v) is 1.84. The van der Waals surface area contributed by atoms with E-state index >= 15 is 0 Å². The fraction of sp³-hybridized carbons (Fsp3) is 1.00. The maximum atomic E-state index is 2.75. The molecule has 0 bridgehead atoms. The lowest BCUT2D eigenvalue weighted by Gasteiger charge is -1.90. The Morgan fingerprint density at radius 3 is 1.14 bits per heavy atom. The molecule has 0 saturated heterocycles. The molecule has 0 aliphatic rings. The third-order valence-corrected chi connectivity index (χ3v) is 0. The molecule has 0 saturated carbocycles. The number of hydrogen-bond donors (Lipinski definition) is 1. The molecule has 0 aromatic carbocycles. The minimum atomic E-state index is 1.88. The van der Waals surface area contributed by atoms with Crippen molar-refractivity contribution in [1.82, 2.24) is 10.0 Å². The van der Waals surface area contributed by atoms with Crippen LogP contribution in [-0.4, -0.2) is 42.0 Å². The van der Waals surface area contributed by atoms with Crippen LogP contribution in [0.3, 0.4) is 0 Å². The van der Waals surface area contributed by atoms with Crippen molar-refractivity contribution in [3.05, 3.63) is 0 Å². The normalized spacial score (nSPS) is 7.43. The van der Waals surface area contributed by atoms with Crippen LogP contribution in [-0.2, 0) is 0 Å². The van der Waals surface area contributed by atoms with E-state index in [0.717, 1.165) is 0 Å². The van der Waals surface area contributed by atoms with Crippen LogP contribution >= 0.6 is 0 Å². The molecule has 0 aromatic heterocycles. The second kappa shape index (κ2) is 9.41. The predicted octanol–water partition coefficient (Wildman–Crippen LogP) is -2.15. The fourth-order valence-corrected chi connectivity index (χ4v) is 0. The highest BCUT2D eigenvalue weighted by Crippen LogP contribution is 1.47. The van der Waals surface area contributed by atoms with E-state index in [1.54, 1.807) is 0 Å². The van der Waals surface area contributed by atoms with Crippen molar-refractivity contribution in [2.24, 2.45) is 0 Å². The zero-order chi connectivity index (χ0) is 6.28. The van der Waals surface area contributed by atoms with Gasteiger partial charge in [0.05, 0.1) is 0 Å². The molecule has 0 rings (SSSR count). The minimum absolute atomic E-state index is 1.88. The Hall–Kier alpha value is 0.0499. The number of rotatable bonds is 0. The van der Waals surface area contributed by atoms with Gasteiger partial charge in [0.1, 0.15) is 0 Å². The SMILES string of the molecule is BNB.CN(C)C. The van der Waals surface area contributed by atoms with Gasteiger partial charge in [0, 0.05) is 0 Å². The van der Waals surface area contributed by atoms with Crippen molar-refractivity contribution in [2.45, 2.75) is 0 Å². The third kappa shape index (κ3) is 39900. The largest absolute Gasteiger partial charge is 0.410 e. The molecule has 0 aliphatic heterocycles. The topological polar surface area (TPSA) is 15.3 Å². The van der Waals surface area contributed by atoms with E-state index in [0.29, 0.717) is 0 Å². The average Bonchev–Trinajstić information content (AvgIpc) is 1.33. The van der Waals surface area contributed by atoms with Crippen molar-refractivity contribution in [1.29, 1.82) is 0 Å². The number of hydrogen-bond acceptors (Lipinski definition) is 2. The zero-order valence-electron chi connectivity index (χ0n) is 5.95. The summed E-state index contributed by atoms with van der Waals surface area (Å²) in [4.78, 5) is 2.00. The summed E-state index contributed by atoms with van der Waals surface area (Å²) in [7, 11) is 9.75. The number of nitrogens with zero attached hydrogens (tertiary/aromatic N) is 1. The van der Waals surface area contributed by atoms with Gasteiger partial charge in [-0.3, -0.25) is 0 Å². The van der Waals surface area contributed by atoms with Crippen LogP contribution in [0.4, 0.5) is 0 Å². The van der Waals surface area contributed by atoms with Gasteiger partial charge in [-0.1, -0.05) is 0 Å². The highest BCUT2D eigenvalue weighted by molar-refractivity contribution is 6.25. The predicted molar refractivity (Wildman–Crippen MR) is 39.8 cm³/mol. The maximum Gasteiger partial charge on any atom is 0.169 e. The van der Waals surface area contributed by atoms with Crippen LogP contribution in [0.2, 0.25) is 0 Å². The Morgan fingerprint density at radius 2 is 1.14 bits per heavy atom. The van der Waals surface area contributed by atoms with Gasteiger partial charge in [-0.25, -0.2) is 0 Å². The van der Waals surface area contributed by atoms with Crippen LogP contribution in [0.1, 0.15) is 0 Å². The molecule has 0 aromatic rings. The molecule has 0 amide bonds. The van der Waals surface area contributed by atoms with Crippen LogP contribution in [0.25, 0.3) is 0 Å². The van der Waals surface area contributed by atoms with E-state index in [1.807, 2.05) is 42.0 Å². The Bertz CT molecular complexity index is 22.1. The van der Waals surface area contributed by atoms with Gasteiger partial charge in [0.15, 0.2) is 16.0 Å². The lowest BCUT2D eigenvalue weighted by Crippen LogP contribution is -1.99. The van der Waals surface area contributed by atoms with Crippen molar-refractivity contribution in [3.63, 3.8) is 0 Å². The lowest BCUT2D eigenvalue weighted by atomic mass is 10.3. The van der Waals surface area contributed by atoms with Crippen molar-refractivity contribution in [2.75, 3.05) is 21.1 Å². The van der Waals surface area contributed by atoms with Crippen molar-refractivity contribution < 1.29 is 0 Å². The second-order valence-electron chi connectivity index (χ2n) is 1.84. The van der Waals surface area contributed by atoms with E-state index in [9.17, 15) is 0 Å². The summed E-state index contributed by atoms with van der Waals surface area (Å²) >= 11 is 0. The molecule has 7 heavy (non-hydrogen) atoms. The standard InChI is InChI=1S/C3H9N.B2H5N/c1-4(2)3;1-3-2/h1-3H3;3H,1-2H2. The van der Waals surface area contributed by atoms with E-state index in [2.05, 4.69) is 5.14 Å². The third-order valence-electron chi connectivity index (χ3n) is 0. The lowest BCUT2D eigenvalue weighted by molar-refractivity contribution is 0.505. The van der Waals surface area contributed by atoms with E-state index < -0.39 is 0 Å². The average molecular weight is 99.8 g/mol. The Labute approximate surface area is 48.1 Å². The zero-order valence-corrected chi connectivity index (χ0v) is 5.95. The smallest absolute Gasteiger partial charge is 0.169 e. The van der Waals surface area contributed by atoms with Crippen molar-refractivity contribution >= 4 is 16.0 Å². The Balaban J connectivity index is 0. The van der Waals surface area contributed by atoms with Crippen molar-refractivity contribution in [3.8, 4) is 0 Å². The Morgan fingerprint density at radius 1 is 1.14 bits per heavy atom. The maximum absolute atomic E-state index is 2.75. The van der Waals surface area contributed by atoms with Gasteiger partial charge in [0.25, 0.3) is 0 Å². The molecule has 4 heteroatoms. The highest BCUT2D eigenvalue weighted by atomic mass is 15.0. The quantitative estimate of drug-likeness (QED) is 0.349. The molecule has 0 spiro atoms. The number of nitrogens with one attached hydrogen (secondary N) is 1. The summed E-state index contributed by atoms with van der Waals surface area (Å²) in [6.07, 6.45) is 0. The molecule has 0 heterocycles. The fourth-order valence-electron chi connectivity index (χ4n) is 0.